The van der Waals surface area contributed by atoms with E-state index < -0.39 is 0 Å². The highest BCUT2D eigenvalue weighted by atomic mass is 79.9. The van der Waals surface area contributed by atoms with E-state index in [4.69, 9.17) is 16.3 Å². The number of hydrogen-bond acceptors (Lipinski definition) is 4. The topological polar surface area (TPSA) is 68.5 Å². The molecule has 0 atom stereocenters. The van der Waals surface area contributed by atoms with Crippen molar-refractivity contribution in [3.8, 4) is 11.5 Å². The standard InChI is InChI=1S/C20H14BrClN4O2/c1-12-18(21)26-11-3-5-15(19(26)24-12)25-20(27)17-14(22)4-2-6-16(17)28-13-7-9-23-10-8-13/h2-11H,1H3,(H,25,27). The van der Waals surface area contributed by atoms with Gasteiger partial charge in [0.1, 0.15) is 21.7 Å². The second-order valence-corrected chi connectivity index (χ2v) is 7.11. The molecule has 0 spiro atoms. The van der Waals surface area contributed by atoms with Gasteiger partial charge < -0.3 is 10.1 Å². The van der Waals surface area contributed by atoms with E-state index in [1.165, 1.54) is 0 Å². The van der Waals surface area contributed by atoms with Gasteiger partial charge in [0, 0.05) is 18.6 Å². The van der Waals surface area contributed by atoms with E-state index >= 15 is 0 Å². The molecule has 3 heterocycles. The number of aryl methyl sites for hydroxylation is 1. The largest absolute Gasteiger partial charge is 0.456 e. The molecule has 6 nitrogen and oxygen atoms in total. The Kier molecular flexibility index (Phi) is 5.02. The molecular weight excluding hydrogens is 444 g/mol. The summed E-state index contributed by atoms with van der Waals surface area (Å²) in [5.74, 6) is 0.518. The van der Waals surface area contributed by atoms with E-state index in [9.17, 15) is 4.79 Å². The average Bonchev–Trinajstić information content (AvgIpc) is 2.98. The maximum atomic E-state index is 13.0. The smallest absolute Gasteiger partial charge is 0.261 e. The number of carbonyl (C=O) groups is 1. The number of anilines is 1. The molecule has 0 radical (unpaired) electrons. The van der Waals surface area contributed by atoms with Crippen molar-refractivity contribution in [2.24, 2.45) is 0 Å². The molecule has 1 aromatic carbocycles. The molecule has 4 rings (SSSR count). The van der Waals surface area contributed by atoms with Crippen molar-refractivity contribution >= 4 is 44.8 Å². The molecule has 0 bridgehead atoms. The molecule has 0 aliphatic carbocycles. The summed E-state index contributed by atoms with van der Waals surface area (Å²) in [6.07, 6.45) is 5.08. The van der Waals surface area contributed by atoms with Crippen molar-refractivity contribution in [1.29, 1.82) is 0 Å². The molecule has 1 amide bonds. The molecule has 8 heteroatoms. The number of halogens is 2. The first-order valence-electron chi connectivity index (χ1n) is 8.35. The van der Waals surface area contributed by atoms with Crippen LogP contribution in [0.5, 0.6) is 11.5 Å². The van der Waals surface area contributed by atoms with Gasteiger partial charge in [-0.2, -0.15) is 0 Å². The fourth-order valence-corrected chi connectivity index (χ4v) is 3.40. The molecule has 0 saturated carbocycles. The number of ether oxygens (including phenoxy) is 1. The Hall–Kier alpha value is -2.90. The molecule has 140 valence electrons. The van der Waals surface area contributed by atoms with Crippen LogP contribution in [0.25, 0.3) is 5.65 Å². The highest BCUT2D eigenvalue weighted by Crippen LogP contribution is 2.32. The Labute approximate surface area is 174 Å². The summed E-state index contributed by atoms with van der Waals surface area (Å²) < 4.78 is 8.53. The van der Waals surface area contributed by atoms with Crippen LogP contribution in [0, 0.1) is 6.92 Å². The maximum Gasteiger partial charge on any atom is 0.261 e. The van der Waals surface area contributed by atoms with Gasteiger partial charge in [0.2, 0.25) is 0 Å². The van der Waals surface area contributed by atoms with Gasteiger partial charge in [0.15, 0.2) is 5.65 Å². The second-order valence-electron chi connectivity index (χ2n) is 5.96. The van der Waals surface area contributed by atoms with Crippen LogP contribution in [-0.2, 0) is 0 Å². The molecular formula is C20H14BrClN4O2. The van der Waals surface area contributed by atoms with E-state index in [2.05, 4.69) is 31.2 Å². The number of rotatable bonds is 4. The second kappa shape index (κ2) is 7.61. The van der Waals surface area contributed by atoms with Gasteiger partial charge in [-0.1, -0.05) is 17.7 Å². The third-order valence-electron chi connectivity index (χ3n) is 4.08. The van der Waals surface area contributed by atoms with Crippen molar-refractivity contribution in [1.82, 2.24) is 14.4 Å². The van der Waals surface area contributed by atoms with Crippen molar-refractivity contribution < 1.29 is 9.53 Å². The number of hydrogen-bond donors (Lipinski definition) is 1. The Balaban J connectivity index is 1.70. The number of nitrogens with zero attached hydrogens (tertiary/aromatic N) is 3. The van der Waals surface area contributed by atoms with Gasteiger partial charge >= 0.3 is 0 Å². The molecule has 4 aromatic rings. The van der Waals surface area contributed by atoms with Crippen LogP contribution < -0.4 is 10.1 Å². The summed E-state index contributed by atoms with van der Waals surface area (Å²) in [5, 5.41) is 3.18. The third-order valence-corrected chi connectivity index (χ3v) is 5.35. The van der Waals surface area contributed by atoms with E-state index in [0.29, 0.717) is 22.8 Å². The van der Waals surface area contributed by atoms with Crippen LogP contribution in [0.3, 0.4) is 0 Å². The summed E-state index contributed by atoms with van der Waals surface area (Å²) in [5.41, 5.74) is 2.26. The molecule has 0 unspecified atom stereocenters. The highest BCUT2D eigenvalue weighted by Gasteiger charge is 2.19. The van der Waals surface area contributed by atoms with Crippen molar-refractivity contribution in [3.05, 3.63) is 81.9 Å². The normalized spacial score (nSPS) is 10.8. The maximum absolute atomic E-state index is 13.0. The van der Waals surface area contributed by atoms with Crippen molar-refractivity contribution in [2.75, 3.05) is 5.32 Å². The molecule has 1 N–H and O–H groups in total. The first-order valence-corrected chi connectivity index (χ1v) is 9.52. The number of amides is 1. The Morgan fingerprint density at radius 1 is 1.18 bits per heavy atom. The minimum absolute atomic E-state index is 0.241. The van der Waals surface area contributed by atoms with Crippen LogP contribution in [0.4, 0.5) is 5.69 Å². The fraction of sp³-hybridized carbons (Fsp3) is 0.0500. The summed E-state index contributed by atoms with van der Waals surface area (Å²) in [4.78, 5) is 21.5. The number of imidazole rings is 1. The number of nitrogens with one attached hydrogen (secondary N) is 1. The lowest BCUT2D eigenvalue weighted by Gasteiger charge is -2.13. The number of carbonyl (C=O) groups excluding carboxylic acids is 1. The summed E-state index contributed by atoms with van der Waals surface area (Å²) in [6, 6.07) is 12.1. The van der Waals surface area contributed by atoms with E-state index in [1.807, 2.05) is 23.6 Å². The predicted octanol–water partition coefficient (Wildman–Crippen LogP) is 5.50. The average molecular weight is 458 g/mol. The third kappa shape index (κ3) is 3.46. The molecule has 0 aliphatic heterocycles. The van der Waals surface area contributed by atoms with E-state index in [1.54, 1.807) is 48.8 Å². The lowest BCUT2D eigenvalue weighted by molar-refractivity contribution is 0.102. The molecule has 0 fully saturated rings. The van der Waals surface area contributed by atoms with Crippen molar-refractivity contribution in [2.45, 2.75) is 6.92 Å². The van der Waals surface area contributed by atoms with Crippen LogP contribution in [0.1, 0.15) is 16.1 Å². The Morgan fingerprint density at radius 3 is 2.75 bits per heavy atom. The van der Waals surface area contributed by atoms with E-state index in [0.717, 1.165) is 10.3 Å². The minimum Gasteiger partial charge on any atom is -0.456 e. The summed E-state index contributed by atoms with van der Waals surface area (Å²) >= 11 is 9.82. The predicted molar refractivity (Wildman–Crippen MR) is 111 cm³/mol. The lowest BCUT2D eigenvalue weighted by Crippen LogP contribution is -2.14. The van der Waals surface area contributed by atoms with Crippen LogP contribution in [0.15, 0.2) is 65.7 Å². The first-order chi connectivity index (χ1) is 13.5. The number of pyridine rings is 2. The lowest BCUT2D eigenvalue weighted by atomic mass is 10.1. The number of aromatic nitrogens is 3. The molecule has 3 aromatic heterocycles. The number of fused-ring (bicyclic) bond motifs is 1. The van der Waals surface area contributed by atoms with Crippen molar-refractivity contribution in [3.63, 3.8) is 0 Å². The first kappa shape index (κ1) is 18.5. The van der Waals surface area contributed by atoms with Crippen LogP contribution >= 0.6 is 27.5 Å². The zero-order chi connectivity index (χ0) is 19.7. The van der Waals surface area contributed by atoms with Gasteiger partial charge in [-0.05, 0) is 59.3 Å². The molecule has 0 aliphatic rings. The minimum atomic E-state index is -0.389. The van der Waals surface area contributed by atoms with Gasteiger partial charge in [-0.25, -0.2) is 4.98 Å². The summed E-state index contributed by atoms with van der Waals surface area (Å²) in [7, 11) is 0. The summed E-state index contributed by atoms with van der Waals surface area (Å²) in [6.45, 7) is 1.89. The quantitative estimate of drug-likeness (QED) is 0.439. The highest BCUT2D eigenvalue weighted by molar-refractivity contribution is 9.10. The van der Waals surface area contributed by atoms with Crippen LogP contribution in [-0.4, -0.2) is 20.3 Å². The van der Waals surface area contributed by atoms with Gasteiger partial charge in [0.05, 0.1) is 16.4 Å². The molecule has 28 heavy (non-hydrogen) atoms. The van der Waals surface area contributed by atoms with Crippen LogP contribution in [0.2, 0.25) is 5.02 Å². The van der Waals surface area contributed by atoms with Gasteiger partial charge in [0.25, 0.3) is 5.91 Å². The zero-order valence-electron chi connectivity index (χ0n) is 14.7. The number of benzene rings is 1. The Bertz CT molecular complexity index is 1180. The monoisotopic (exact) mass is 456 g/mol. The molecule has 0 saturated heterocycles. The SMILES string of the molecule is Cc1nc2c(NC(=O)c3c(Cl)cccc3Oc3ccncc3)cccn2c1Br. The van der Waals surface area contributed by atoms with E-state index in [-0.39, 0.29) is 16.5 Å². The van der Waals surface area contributed by atoms with Gasteiger partial charge in [-0.15, -0.1) is 0 Å². The fourth-order valence-electron chi connectivity index (χ4n) is 2.78. The van der Waals surface area contributed by atoms with Gasteiger partial charge in [-0.3, -0.25) is 14.2 Å². The zero-order valence-corrected chi connectivity index (χ0v) is 17.0. The Morgan fingerprint density at radius 2 is 1.96 bits per heavy atom.